The lowest BCUT2D eigenvalue weighted by atomic mass is 9.83. The number of fused-ring (bicyclic) bond motifs is 2. The van der Waals surface area contributed by atoms with Gasteiger partial charge in [-0.05, 0) is 35.9 Å². The lowest BCUT2D eigenvalue weighted by molar-refractivity contribution is -0.115. The van der Waals surface area contributed by atoms with Gasteiger partial charge in [-0.1, -0.05) is 113 Å². The number of carbonyl (C=O) groups excluding carboxylic acids is 4. The SMILES string of the molecule is O=C1c2ccccc2C(=O)c2c(NC(=O)C(Sc3ccc(NC(=O)c4c(Cl)c(Cl)c(Cl)c(Cl)c4C(=O)O)cc3)c3ccccc3)cccc21. The van der Waals surface area contributed by atoms with Gasteiger partial charge in [-0.15, -0.1) is 11.8 Å². The Morgan fingerprint density at radius 1 is 0.612 bits per heavy atom. The Morgan fingerprint density at radius 2 is 1.18 bits per heavy atom. The number of benzene rings is 5. The van der Waals surface area contributed by atoms with E-state index in [9.17, 15) is 29.1 Å². The number of carboxylic acids is 1. The van der Waals surface area contributed by atoms with Gasteiger partial charge in [0.2, 0.25) is 5.91 Å². The predicted octanol–water partition coefficient (Wildman–Crippen LogP) is 9.50. The Balaban J connectivity index is 1.25. The van der Waals surface area contributed by atoms with Crippen LogP contribution < -0.4 is 10.6 Å². The van der Waals surface area contributed by atoms with Crippen molar-refractivity contribution in [3.63, 3.8) is 0 Å². The molecular formula is C36H20Cl4N2O6S. The lowest BCUT2D eigenvalue weighted by Gasteiger charge is -2.22. The number of ketones is 2. The highest BCUT2D eigenvalue weighted by Gasteiger charge is 2.33. The van der Waals surface area contributed by atoms with Gasteiger partial charge in [0, 0.05) is 27.3 Å². The summed E-state index contributed by atoms with van der Waals surface area (Å²) in [7, 11) is 0. The Bertz CT molecular complexity index is 2210. The Morgan fingerprint density at radius 3 is 1.82 bits per heavy atom. The van der Waals surface area contributed by atoms with Crippen molar-refractivity contribution in [1.29, 1.82) is 0 Å². The summed E-state index contributed by atoms with van der Waals surface area (Å²) in [5, 5.41) is 13.0. The summed E-state index contributed by atoms with van der Waals surface area (Å²) in [5.41, 5.74) is 1.04. The average molecular weight is 750 g/mol. The van der Waals surface area contributed by atoms with Crippen LogP contribution >= 0.6 is 58.2 Å². The molecule has 1 aliphatic rings. The quantitative estimate of drug-likeness (QED) is 0.0803. The third-order valence-corrected chi connectivity index (χ3v) is 10.7. The number of hydrogen-bond donors (Lipinski definition) is 3. The van der Waals surface area contributed by atoms with Crippen molar-refractivity contribution in [2.24, 2.45) is 0 Å². The molecule has 0 radical (unpaired) electrons. The summed E-state index contributed by atoms with van der Waals surface area (Å²) < 4.78 is 0. The van der Waals surface area contributed by atoms with Crippen molar-refractivity contribution in [3.8, 4) is 0 Å². The summed E-state index contributed by atoms with van der Waals surface area (Å²) in [6.07, 6.45) is 0. The molecule has 13 heteroatoms. The first-order chi connectivity index (χ1) is 23.5. The first-order valence-electron chi connectivity index (χ1n) is 14.3. The van der Waals surface area contributed by atoms with Crippen LogP contribution in [0.2, 0.25) is 20.1 Å². The van der Waals surface area contributed by atoms with Crippen LogP contribution in [0.15, 0.2) is 102 Å². The van der Waals surface area contributed by atoms with Gasteiger partial charge in [-0.2, -0.15) is 0 Å². The van der Waals surface area contributed by atoms with Gasteiger partial charge in [0.1, 0.15) is 5.25 Å². The highest BCUT2D eigenvalue weighted by Crippen LogP contribution is 2.42. The van der Waals surface area contributed by atoms with Gasteiger partial charge in [0.15, 0.2) is 11.6 Å². The van der Waals surface area contributed by atoms with Crippen molar-refractivity contribution in [3.05, 3.63) is 156 Å². The van der Waals surface area contributed by atoms with Crippen molar-refractivity contribution in [2.75, 3.05) is 10.6 Å². The molecule has 49 heavy (non-hydrogen) atoms. The van der Waals surface area contributed by atoms with E-state index < -0.39 is 39.2 Å². The molecule has 244 valence electrons. The number of anilines is 2. The molecule has 0 bridgehead atoms. The Kier molecular flexibility index (Phi) is 9.83. The number of rotatable bonds is 8. The van der Waals surface area contributed by atoms with Crippen LogP contribution in [0.3, 0.4) is 0 Å². The Labute approximate surface area is 303 Å². The van der Waals surface area contributed by atoms with Crippen LogP contribution in [-0.2, 0) is 4.79 Å². The van der Waals surface area contributed by atoms with E-state index in [1.54, 1.807) is 91.0 Å². The van der Waals surface area contributed by atoms with Crippen molar-refractivity contribution in [1.82, 2.24) is 0 Å². The standard InChI is InChI=1S/C36H20Cl4N2O6S/c37-27-25(26(36(47)48)28(38)30(40)29(27)39)34(45)41-18-13-15-19(16-14-18)49-33(17-7-2-1-3-8-17)35(46)42-23-12-6-11-22-24(23)32(44)21-10-5-4-9-20(21)31(22)43/h1-16,33H,(H,41,45)(H,42,46)(H,47,48). The predicted molar refractivity (Wildman–Crippen MR) is 191 cm³/mol. The van der Waals surface area contributed by atoms with Crippen molar-refractivity contribution in [2.45, 2.75) is 10.1 Å². The van der Waals surface area contributed by atoms with E-state index in [0.29, 0.717) is 16.0 Å². The third kappa shape index (κ3) is 6.56. The van der Waals surface area contributed by atoms with E-state index in [1.807, 2.05) is 6.07 Å². The molecule has 0 saturated carbocycles. The monoisotopic (exact) mass is 748 g/mol. The zero-order valence-corrected chi connectivity index (χ0v) is 28.6. The molecular weight excluding hydrogens is 730 g/mol. The molecule has 5 aromatic rings. The molecule has 8 nitrogen and oxygen atoms in total. The molecule has 5 aromatic carbocycles. The van der Waals surface area contributed by atoms with Gasteiger partial charge in [-0.3, -0.25) is 19.2 Å². The van der Waals surface area contributed by atoms with Crippen LogP contribution in [0.25, 0.3) is 0 Å². The minimum atomic E-state index is -1.52. The molecule has 1 aliphatic carbocycles. The van der Waals surface area contributed by atoms with E-state index >= 15 is 0 Å². The molecule has 1 unspecified atom stereocenters. The molecule has 6 rings (SSSR count). The van der Waals surface area contributed by atoms with Crippen molar-refractivity contribution < 1.29 is 29.1 Å². The minimum Gasteiger partial charge on any atom is -0.478 e. The van der Waals surface area contributed by atoms with E-state index in [-0.39, 0.29) is 54.7 Å². The van der Waals surface area contributed by atoms with Crippen LogP contribution in [0, 0.1) is 0 Å². The van der Waals surface area contributed by atoms with Crippen LogP contribution in [-0.4, -0.2) is 34.5 Å². The zero-order chi connectivity index (χ0) is 35.0. The number of amides is 2. The molecule has 0 aromatic heterocycles. The third-order valence-electron chi connectivity index (χ3n) is 7.62. The molecule has 3 N–H and O–H groups in total. The lowest BCUT2D eigenvalue weighted by Crippen LogP contribution is -2.25. The number of carboxylic acid groups (broad SMARTS) is 1. The average Bonchev–Trinajstić information content (AvgIpc) is 3.10. The first-order valence-corrected chi connectivity index (χ1v) is 16.7. The van der Waals surface area contributed by atoms with Gasteiger partial charge >= 0.3 is 5.97 Å². The molecule has 0 fully saturated rings. The maximum atomic E-state index is 13.9. The number of nitrogens with one attached hydrogen (secondary N) is 2. The molecule has 2 amide bonds. The second kappa shape index (κ2) is 14.1. The normalized spacial score (nSPS) is 12.5. The highest BCUT2D eigenvalue weighted by atomic mass is 35.5. The zero-order valence-electron chi connectivity index (χ0n) is 24.7. The van der Waals surface area contributed by atoms with Gasteiger partial charge in [0.05, 0.1) is 42.5 Å². The van der Waals surface area contributed by atoms with E-state index in [2.05, 4.69) is 10.6 Å². The maximum Gasteiger partial charge on any atom is 0.338 e. The first kappa shape index (κ1) is 34.2. The Hall–Kier alpha value is -4.64. The number of thioether (sulfide) groups is 1. The highest BCUT2D eigenvalue weighted by molar-refractivity contribution is 8.00. The van der Waals surface area contributed by atoms with E-state index in [0.717, 1.165) is 0 Å². The summed E-state index contributed by atoms with van der Waals surface area (Å²) in [6, 6.07) is 26.8. The maximum absolute atomic E-state index is 13.9. The van der Waals surface area contributed by atoms with Gasteiger partial charge < -0.3 is 15.7 Å². The number of hydrogen-bond acceptors (Lipinski definition) is 6. The number of aromatic carboxylic acids is 1. The number of carbonyl (C=O) groups is 5. The van der Waals surface area contributed by atoms with Crippen LogP contribution in [0.4, 0.5) is 11.4 Å². The second-order valence-corrected chi connectivity index (χ2v) is 13.3. The molecule has 0 heterocycles. The largest absolute Gasteiger partial charge is 0.478 e. The summed E-state index contributed by atoms with van der Waals surface area (Å²) in [5.74, 6) is -3.50. The number of halogens is 4. The second-order valence-electron chi connectivity index (χ2n) is 10.6. The van der Waals surface area contributed by atoms with Crippen LogP contribution in [0.5, 0.6) is 0 Å². The van der Waals surface area contributed by atoms with Gasteiger partial charge in [0.25, 0.3) is 5.91 Å². The molecule has 0 aliphatic heterocycles. The fourth-order valence-corrected chi connectivity index (χ4v) is 7.38. The summed E-state index contributed by atoms with van der Waals surface area (Å²) in [6.45, 7) is 0. The summed E-state index contributed by atoms with van der Waals surface area (Å²) in [4.78, 5) is 66.4. The topological polar surface area (TPSA) is 130 Å². The summed E-state index contributed by atoms with van der Waals surface area (Å²) >= 11 is 25.6. The van der Waals surface area contributed by atoms with E-state index in [4.69, 9.17) is 46.4 Å². The molecule has 0 saturated heterocycles. The smallest absolute Gasteiger partial charge is 0.338 e. The van der Waals surface area contributed by atoms with Crippen molar-refractivity contribution >= 4 is 98.9 Å². The molecule has 0 spiro atoms. The van der Waals surface area contributed by atoms with E-state index in [1.165, 1.54) is 11.8 Å². The minimum absolute atomic E-state index is 0.130. The van der Waals surface area contributed by atoms with Gasteiger partial charge in [-0.25, -0.2) is 4.79 Å². The molecule has 1 atom stereocenters. The fourth-order valence-electron chi connectivity index (χ4n) is 5.34. The van der Waals surface area contributed by atoms with Crippen LogP contribution in [0.1, 0.15) is 63.4 Å². The fraction of sp³-hybridized carbons (Fsp3) is 0.0278.